The fraction of sp³-hybridized carbons (Fsp3) is 0.750. The molecule has 0 atom stereocenters. The monoisotopic (exact) mass is 142 g/mol. The van der Waals surface area contributed by atoms with Crippen molar-refractivity contribution in [2.45, 2.75) is 0 Å². The number of nitrogens with one attached hydrogen (secondary N) is 1. The van der Waals surface area contributed by atoms with E-state index in [-0.39, 0.29) is 37.5 Å². The molecule has 0 saturated heterocycles. The zero-order chi connectivity index (χ0) is 6.41. The summed E-state index contributed by atoms with van der Waals surface area (Å²) in [7, 11) is 0. The Morgan fingerprint density at radius 1 is 1.78 bits per heavy atom. The summed E-state index contributed by atoms with van der Waals surface area (Å²) in [5, 5.41) is 10.6. The van der Waals surface area contributed by atoms with Gasteiger partial charge >= 0.3 is 35.5 Å². The van der Waals surface area contributed by atoms with E-state index in [4.69, 9.17) is 10.8 Å². The number of hydrogen-bond acceptors (Lipinski definition) is 3. The Kier molecular flexibility index (Phi) is 11.3. The van der Waals surface area contributed by atoms with Crippen molar-refractivity contribution in [2.75, 3.05) is 19.6 Å². The molecular weight excluding hydrogens is 131 g/mol. The van der Waals surface area contributed by atoms with Gasteiger partial charge in [0.15, 0.2) is 0 Å². The Balaban J connectivity index is -0.000000245. The summed E-state index contributed by atoms with van der Waals surface area (Å²) in [4.78, 5) is 9.77. The van der Waals surface area contributed by atoms with E-state index in [1.165, 1.54) is 0 Å². The van der Waals surface area contributed by atoms with Gasteiger partial charge in [-0.25, -0.2) is 0 Å². The van der Waals surface area contributed by atoms with E-state index >= 15 is 0 Å². The van der Waals surface area contributed by atoms with Crippen LogP contribution in [0.5, 0.6) is 0 Å². The van der Waals surface area contributed by atoms with Crippen molar-refractivity contribution in [3.63, 3.8) is 0 Å². The normalized spacial score (nSPS) is 8.11. The van der Waals surface area contributed by atoms with Crippen molar-refractivity contribution in [3.05, 3.63) is 0 Å². The number of carbonyl (C=O) groups is 1. The molecular formula is C4H11N2NaO2. The maximum atomic E-state index is 9.77. The van der Waals surface area contributed by atoms with Crippen molar-refractivity contribution in [2.24, 2.45) is 5.73 Å². The minimum Gasteiger partial charge on any atom is -1.00 e. The van der Waals surface area contributed by atoms with E-state index in [2.05, 4.69) is 5.32 Å². The van der Waals surface area contributed by atoms with Crippen LogP contribution in [0.1, 0.15) is 1.43 Å². The van der Waals surface area contributed by atoms with Gasteiger partial charge in [-0.15, -0.1) is 0 Å². The summed E-state index contributed by atoms with van der Waals surface area (Å²) in [6.45, 7) is 1.04. The van der Waals surface area contributed by atoms with Crippen LogP contribution < -0.4 is 40.6 Å². The standard InChI is InChI=1S/C4H10N2O2.Na.H/c5-1-2-6-3-4(7)8;;/h6H,1-3,5H2,(H,7,8);;/q;+1;-1. The van der Waals surface area contributed by atoms with E-state index < -0.39 is 5.97 Å². The maximum absolute atomic E-state index is 9.77. The van der Waals surface area contributed by atoms with Crippen LogP contribution in [0.15, 0.2) is 0 Å². The van der Waals surface area contributed by atoms with Gasteiger partial charge in [-0.2, -0.15) is 0 Å². The van der Waals surface area contributed by atoms with E-state index in [1.807, 2.05) is 0 Å². The van der Waals surface area contributed by atoms with Gasteiger partial charge in [0.2, 0.25) is 0 Å². The van der Waals surface area contributed by atoms with Crippen molar-refractivity contribution in [3.8, 4) is 0 Å². The number of nitrogens with two attached hydrogens (primary N) is 1. The Labute approximate surface area is 77.6 Å². The minimum atomic E-state index is -0.849. The van der Waals surface area contributed by atoms with Gasteiger partial charge in [0.1, 0.15) is 0 Å². The Hall–Kier alpha value is 0.390. The second-order valence-corrected chi connectivity index (χ2v) is 1.36. The first kappa shape index (κ1) is 12.1. The van der Waals surface area contributed by atoms with Gasteiger partial charge in [-0.3, -0.25) is 4.79 Å². The van der Waals surface area contributed by atoms with Crippen molar-refractivity contribution >= 4 is 5.97 Å². The second kappa shape index (κ2) is 8.39. The topological polar surface area (TPSA) is 75.3 Å². The first-order chi connectivity index (χ1) is 3.77. The molecule has 0 unspecified atom stereocenters. The number of rotatable bonds is 4. The number of carboxylic acid groups (broad SMARTS) is 1. The summed E-state index contributed by atoms with van der Waals surface area (Å²) in [6.07, 6.45) is 0. The molecule has 0 aliphatic rings. The average molecular weight is 142 g/mol. The van der Waals surface area contributed by atoms with Crippen molar-refractivity contribution in [1.82, 2.24) is 5.32 Å². The summed E-state index contributed by atoms with van der Waals surface area (Å²) in [5.41, 5.74) is 5.06. The van der Waals surface area contributed by atoms with Gasteiger partial charge in [-0.1, -0.05) is 0 Å². The number of aliphatic carboxylic acids is 1. The third-order valence-corrected chi connectivity index (χ3v) is 0.597. The fourth-order valence-electron chi connectivity index (χ4n) is 0.297. The smallest absolute Gasteiger partial charge is 1.00 e. The van der Waals surface area contributed by atoms with Crippen LogP contribution in [0.3, 0.4) is 0 Å². The Morgan fingerprint density at radius 2 is 2.33 bits per heavy atom. The fourth-order valence-corrected chi connectivity index (χ4v) is 0.297. The van der Waals surface area contributed by atoms with Gasteiger partial charge in [0.25, 0.3) is 0 Å². The van der Waals surface area contributed by atoms with Crippen LogP contribution in [-0.4, -0.2) is 30.7 Å². The zero-order valence-corrected chi connectivity index (χ0v) is 7.55. The molecule has 0 aliphatic heterocycles. The maximum Gasteiger partial charge on any atom is 1.00 e. The summed E-state index contributed by atoms with van der Waals surface area (Å²) in [5.74, 6) is -0.849. The minimum absolute atomic E-state index is 0. The molecule has 0 amide bonds. The molecule has 0 saturated carbocycles. The van der Waals surface area contributed by atoms with Gasteiger partial charge < -0.3 is 17.6 Å². The Bertz CT molecular complexity index is 83.7. The molecule has 0 fully saturated rings. The molecule has 0 rings (SSSR count). The van der Waals surface area contributed by atoms with Gasteiger partial charge in [0.05, 0.1) is 6.54 Å². The summed E-state index contributed by atoms with van der Waals surface area (Å²) >= 11 is 0. The summed E-state index contributed by atoms with van der Waals surface area (Å²) in [6, 6.07) is 0. The van der Waals surface area contributed by atoms with E-state index in [0.717, 1.165) is 0 Å². The molecule has 0 aliphatic carbocycles. The predicted octanol–water partition coefficient (Wildman–Crippen LogP) is -4.26. The molecule has 0 aromatic heterocycles. The second-order valence-electron chi connectivity index (χ2n) is 1.36. The molecule has 5 heteroatoms. The average Bonchev–Trinajstić information content (AvgIpc) is 1.66. The zero-order valence-electron chi connectivity index (χ0n) is 6.55. The molecule has 0 radical (unpaired) electrons. The Morgan fingerprint density at radius 3 is 2.67 bits per heavy atom. The van der Waals surface area contributed by atoms with E-state index in [0.29, 0.717) is 13.1 Å². The van der Waals surface area contributed by atoms with Crippen LogP contribution >= 0.6 is 0 Å². The molecule has 0 aromatic carbocycles. The summed E-state index contributed by atoms with van der Waals surface area (Å²) < 4.78 is 0. The van der Waals surface area contributed by atoms with E-state index in [1.54, 1.807) is 0 Å². The molecule has 0 heterocycles. The number of hydrogen-bond donors (Lipinski definition) is 3. The third kappa shape index (κ3) is 11.8. The van der Waals surface area contributed by atoms with Crippen LogP contribution in [0, 0.1) is 0 Å². The quantitative estimate of drug-likeness (QED) is 0.274. The molecule has 4 N–H and O–H groups in total. The first-order valence-electron chi connectivity index (χ1n) is 2.40. The molecule has 4 nitrogen and oxygen atoms in total. The van der Waals surface area contributed by atoms with Crippen LogP contribution in [-0.2, 0) is 4.79 Å². The SMILES string of the molecule is NCCNCC(=O)O.[H-].[Na+]. The van der Waals surface area contributed by atoms with Crippen molar-refractivity contribution in [1.29, 1.82) is 0 Å². The third-order valence-electron chi connectivity index (χ3n) is 0.597. The van der Waals surface area contributed by atoms with Crippen LogP contribution in [0.4, 0.5) is 0 Å². The van der Waals surface area contributed by atoms with Gasteiger partial charge in [0, 0.05) is 13.1 Å². The molecule has 50 valence electrons. The molecule has 0 aromatic rings. The first-order valence-corrected chi connectivity index (χ1v) is 2.40. The molecule has 9 heavy (non-hydrogen) atoms. The molecule has 0 bridgehead atoms. The largest absolute Gasteiger partial charge is 1.00 e. The van der Waals surface area contributed by atoms with Crippen molar-refractivity contribution < 1.29 is 40.9 Å². The molecule has 0 spiro atoms. The predicted molar refractivity (Wildman–Crippen MR) is 30.7 cm³/mol. The van der Waals surface area contributed by atoms with Crippen LogP contribution in [0.25, 0.3) is 0 Å². The van der Waals surface area contributed by atoms with Gasteiger partial charge in [-0.05, 0) is 0 Å². The number of carboxylic acids is 1. The van der Waals surface area contributed by atoms with Crippen LogP contribution in [0.2, 0.25) is 0 Å². The van der Waals surface area contributed by atoms with E-state index in [9.17, 15) is 4.79 Å².